The smallest absolute Gasteiger partial charge is 0.174 e. The second kappa shape index (κ2) is 6.58. The number of benzene rings is 1. The summed E-state index contributed by atoms with van der Waals surface area (Å²) in [5, 5.41) is 6.44. The normalized spacial score (nSPS) is 14.0. The van der Waals surface area contributed by atoms with Crippen molar-refractivity contribution in [2.75, 3.05) is 5.32 Å². The van der Waals surface area contributed by atoms with Crippen LogP contribution in [0.3, 0.4) is 0 Å². The molecule has 1 aromatic heterocycles. The monoisotopic (exact) mass is 316 g/mol. The van der Waals surface area contributed by atoms with Crippen molar-refractivity contribution in [2.24, 2.45) is 0 Å². The van der Waals surface area contributed by atoms with Crippen molar-refractivity contribution in [3.05, 3.63) is 52.2 Å². The zero-order valence-corrected chi connectivity index (χ0v) is 13.8. The molecule has 1 aliphatic rings. The summed E-state index contributed by atoms with van der Waals surface area (Å²) in [6.07, 6.45) is 3.52. The van der Waals surface area contributed by atoms with Crippen LogP contribution in [0.2, 0.25) is 0 Å². The molecule has 4 heteroatoms. The number of anilines is 1. The summed E-state index contributed by atoms with van der Waals surface area (Å²) >= 11 is 7.47. The van der Waals surface area contributed by atoms with E-state index in [2.05, 4.69) is 58.9 Å². The molecule has 0 atom stereocenters. The first-order valence-corrected chi connectivity index (χ1v) is 8.74. The maximum absolute atomic E-state index is 5.67. The maximum atomic E-state index is 5.67. The molecule has 2 aromatic rings. The lowest BCUT2D eigenvalue weighted by molar-refractivity contribution is 0.413. The molecule has 0 radical (unpaired) electrons. The van der Waals surface area contributed by atoms with Crippen LogP contribution in [0.4, 0.5) is 5.69 Å². The molecule has 3 rings (SSSR count). The predicted molar refractivity (Wildman–Crippen MR) is 94.9 cm³/mol. The van der Waals surface area contributed by atoms with Gasteiger partial charge in [-0.05, 0) is 54.6 Å². The van der Waals surface area contributed by atoms with Crippen molar-refractivity contribution >= 4 is 34.4 Å². The Morgan fingerprint density at radius 2 is 2.10 bits per heavy atom. The molecular formula is C17H20N2S2. The Bertz CT molecular complexity index is 603. The number of rotatable bonds is 5. The lowest BCUT2D eigenvalue weighted by Gasteiger charge is -2.26. The van der Waals surface area contributed by atoms with Gasteiger partial charge in [-0.2, -0.15) is 0 Å². The fraction of sp³-hybridized carbons (Fsp3) is 0.353. The fourth-order valence-electron chi connectivity index (χ4n) is 2.46. The Balaban J connectivity index is 1.72. The summed E-state index contributed by atoms with van der Waals surface area (Å²) in [5.41, 5.74) is 2.45. The van der Waals surface area contributed by atoms with Gasteiger partial charge >= 0.3 is 0 Å². The van der Waals surface area contributed by atoms with Gasteiger partial charge in [0.1, 0.15) is 0 Å². The first kappa shape index (κ1) is 14.5. The second-order valence-electron chi connectivity index (χ2n) is 5.38. The van der Waals surface area contributed by atoms with E-state index in [-0.39, 0.29) is 0 Å². The highest BCUT2D eigenvalue weighted by Crippen LogP contribution is 2.30. The second-order valence-corrected chi connectivity index (χ2v) is 6.80. The van der Waals surface area contributed by atoms with E-state index in [9.17, 15) is 0 Å². The van der Waals surface area contributed by atoms with Crippen LogP contribution < -0.4 is 5.32 Å². The highest BCUT2D eigenvalue weighted by molar-refractivity contribution is 7.80. The van der Waals surface area contributed by atoms with Gasteiger partial charge in [-0.3, -0.25) is 0 Å². The van der Waals surface area contributed by atoms with Crippen LogP contribution in [-0.2, 0) is 13.0 Å². The van der Waals surface area contributed by atoms with Crippen LogP contribution in [0.1, 0.15) is 30.2 Å². The standard InChI is InChI=1S/C17H20N2S2/c1-2-13-6-3-4-8-16(13)18-17(20)19(14-9-10-14)12-15-7-5-11-21-15/h3-8,11,14H,2,9-10,12H2,1H3,(H,18,20). The predicted octanol–water partition coefficient (Wildman–Crippen LogP) is 4.67. The van der Waals surface area contributed by atoms with Crippen molar-refractivity contribution in [1.82, 2.24) is 4.90 Å². The average molecular weight is 316 g/mol. The zero-order valence-electron chi connectivity index (χ0n) is 12.2. The SMILES string of the molecule is CCc1ccccc1NC(=S)N(Cc1cccs1)C1CC1. The van der Waals surface area contributed by atoms with Gasteiger partial charge in [0, 0.05) is 16.6 Å². The number of nitrogens with one attached hydrogen (secondary N) is 1. The molecule has 1 aliphatic carbocycles. The highest BCUT2D eigenvalue weighted by Gasteiger charge is 2.31. The Morgan fingerprint density at radius 1 is 1.29 bits per heavy atom. The Morgan fingerprint density at radius 3 is 2.76 bits per heavy atom. The summed E-state index contributed by atoms with van der Waals surface area (Å²) in [4.78, 5) is 3.71. The van der Waals surface area contributed by atoms with Gasteiger partial charge in [0.25, 0.3) is 0 Å². The summed E-state index contributed by atoms with van der Waals surface area (Å²) in [7, 11) is 0. The summed E-state index contributed by atoms with van der Waals surface area (Å²) < 4.78 is 0. The zero-order chi connectivity index (χ0) is 14.7. The number of hydrogen-bond donors (Lipinski definition) is 1. The maximum Gasteiger partial charge on any atom is 0.174 e. The topological polar surface area (TPSA) is 15.3 Å². The molecule has 0 amide bonds. The number of para-hydroxylation sites is 1. The van der Waals surface area contributed by atoms with Gasteiger partial charge in [-0.25, -0.2) is 0 Å². The van der Waals surface area contributed by atoms with E-state index in [0.29, 0.717) is 6.04 Å². The van der Waals surface area contributed by atoms with E-state index in [1.807, 2.05) is 0 Å². The van der Waals surface area contributed by atoms with Crippen molar-refractivity contribution < 1.29 is 0 Å². The van der Waals surface area contributed by atoms with Crippen molar-refractivity contribution in [2.45, 2.75) is 38.8 Å². The first-order valence-electron chi connectivity index (χ1n) is 7.46. The molecule has 0 spiro atoms. The van der Waals surface area contributed by atoms with Gasteiger partial charge < -0.3 is 10.2 Å². The van der Waals surface area contributed by atoms with E-state index in [0.717, 1.165) is 23.8 Å². The molecule has 0 bridgehead atoms. The van der Waals surface area contributed by atoms with Crippen LogP contribution in [-0.4, -0.2) is 16.1 Å². The molecule has 0 unspecified atom stereocenters. The molecule has 1 N–H and O–H groups in total. The Labute approximate surface area is 135 Å². The average Bonchev–Trinajstić information content (AvgIpc) is 3.21. The molecule has 1 saturated carbocycles. The van der Waals surface area contributed by atoms with E-state index in [4.69, 9.17) is 12.2 Å². The minimum absolute atomic E-state index is 0.612. The molecule has 2 nitrogen and oxygen atoms in total. The largest absolute Gasteiger partial charge is 0.341 e. The number of thiophene rings is 1. The van der Waals surface area contributed by atoms with Crippen LogP contribution >= 0.6 is 23.6 Å². The number of aryl methyl sites for hydroxylation is 1. The van der Waals surface area contributed by atoms with Crippen LogP contribution in [0, 0.1) is 0 Å². The molecule has 0 saturated heterocycles. The highest BCUT2D eigenvalue weighted by atomic mass is 32.1. The minimum Gasteiger partial charge on any atom is -0.341 e. The Hall–Kier alpha value is -1.39. The van der Waals surface area contributed by atoms with Gasteiger partial charge in [0.05, 0.1) is 6.54 Å². The van der Waals surface area contributed by atoms with E-state index in [1.54, 1.807) is 11.3 Å². The fourth-order valence-corrected chi connectivity index (χ4v) is 3.49. The van der Waals surface area contributed by atoms with E-state index in [1.165, 1.54) is 23.3 Å². The summed E-state index contributed by atoms with van der Waals surface area (Å²) in [6.45, 7) is 3.09. The number of thiocarbonyl (C=S) groups is 1. The van der Waals surface area contributed by atoms with Crippen molar-refractivity contribution in [1.29, 1.82) is 0 Å². The molecule has 1 fully saturated rings. The minimum atomic E-state index is 0.612. The molecule has 0 aliphatic heterocycles. The van der Waals surface area contributed by atoms with Crippen molar-refractivity contribution in [3.63, 3.8) is 0 Å². The van der Waals surface area contributed by atoms with E-state index < -0.39 is 0 Å². The van der Waals surface area contributed by atoms with Crippen LogP contribution in [0.5, 0.6) is 0 Å². The lowest BCUT2D eigenvalue weighted by Crippen LogP contribution is -2.36. The Kier molecular flexibility index (Phi) is 4.56. The number of hydrogen-bond acceptors (Lipinski definition) is 2. The third kappa shape index (κ3) is 3.63. The molecule has 21 heavy (non-hydrogen) atoms. The van der Waals surface area contributed by atoms with Crippen LogP contribution in [0.25, 0.3) is 0 Å². The third-order valence-electron chi connectivity index (χ3n) is 3.79. The van der Waals surface area contributed by atoms with Gasteiger partial charge in [0.15, 0.2) is 5.11 Å². The van der Waals surface area contributed by atoms with Gasteiger partial charge in [-0.15, -0.1) is 11.3 Å². The van der Waals surface area contributed by atoms with Crippen molar-refractivity contribution in [3.8, 4) is 0 Å². The summed E-state index contributed by atoms with van der Waals surface area (Å²) in [6, 6.07) is 13.3. The van der Waals surface area contributed by atoms with Crippen LogP contribution in [0.15, 0.2) is 41.8 Å². The quantitative estimate of drug-likeness (QED) is 0.807. The molecule has 1 aromatic carbocycles. The molecule has 1 heterocycles. The van der Waals surface area contributed by atoms with E-state index >= 15 is 0 Å². The molecule has 110 valence electrons. The van der Waals surface area contributed by atoms with Gasteiger partial charge in [-0.1, -0.05) is 31.2 Å². The summed E-state index contributed by atoms with van der Waals surface area (Å²) in [5.74, 6) is 0. The van der Waals surface area contributed by atoms with Gasteiger partial charge in [0.2, 0.25) is 0 Å². The lowest BCUT2D eigenvalue weighted by atomic mass is 10.1. The number of nitrogens with zero attached hydrogens (tertiary/aromatic N) is 1. The molecular weight excluding hydrogens is 296 g/mol. The first-order chi connectivity index (χ1) is 10.3. The third-order valence-corrected chi connectivity index (χ3v) is 4.99.